The van der Waals surface area contributed by atoms with Crippen LogP contribution in [0.15, 0.2) is 97.6 Å². The van der Waals surface area contributed by atoms with Crippen molar-refractivity contribution >= 4 is 17.1 Å². The summed E-state index contributed by atoms with van der Waals surface area (Å²) < 4.78 is 0. The van der Waals surface area contributed by atoms with Crippen molar-refractivity contribution in [1.29, 1.82) is 0 Å². The van der Waals surface area contributed by atoms with Gasteiger partial charge in [-0.25, -0.2) is 0 Å². The Morgan fingerprint density at radius 3 is 1.89 bits per heavy atom. The average molecular weight is 480 g/mol. The molecule has 1 atom stereocenters. The molecule has 0 aliphatic carbocycles. The Kier molecular flexibility index (Phi) is 10.3. The molecule has 36 heavy (non-hydrogen) atoms. The zero-order valence-corrected chi connectivity index (χ0v) is 22.2. The highest BCUT2D eigenvalue weighted by atomic mass is 16.1. The highest BCUT2D eigenvalue weighted by molar-refractivity contribution is 5.98. The molecule has 2 heteroatoms. The molecule has 0 aromatic heterocycles. The van der Waals surface area contributed by atoms with E-state index in [0.717, 1.165) is 24.8 Å². The minimum Gasteiger partial charge on any atom is -0.343 e. The van der Waals surface area contributed by atoms with Gasteiger partial charge in [0.2, 0.25) is 5.91 Å². The molecule has 0 saturated carbocycles. The third-order valence-corrected chi connectivity index (χ3v) is 7.02. The largest absolute Gasteiger partial charge is 0.343 e. The van der Waals surface area contributed by atoms with Crippen LogP contribution in [0.3, 0.4) is 0 Å². The van der Waals surface area contributed by atoms with Crippen molar-refractivity contribution < 1.29 is 4.79 Å². The van der Waals surface area contributed by atoms with E-state index in [4.69, 9.17) is 0 Å². The van der Waals surface area contributed by atoms with E-state index in [1.54, 1.807) is 0 Å². The van der Waals surface area contributed by atoms with Gasteiger partial charge in [-0.1, -0.05) is 137 Å². The van der Waals surface area contributed by atoms with E-state index in [9.17, 15) is 4.79 Å². The number of rotatable bonds is 13. The van der Waals surface area contributed by atoms with E-state index in [1.807, 2.05) is 0 Å². The number of benzene rings is 3. The molecule has 2 nitrogen and oxygen atoms in total. The van der Waals surface area contributed by atoms with Crippen LogP contribution in [0.1, 0.15) is 88.0 Å². The monoisotopic (exact) mass is 479 g/mol. The first kappa shape index (κ1) is 27.2. The molecule has 3 aromatic carbocycles. The lowest BCUT2D eigenvalue weighted by atomic mass is 9.83. The fourth-order valence-corrected chi connectivity index (χ4v) is 4.97. The number of hydrogen-bond acceptors (Lipinski definition) is 1. The zero-order chi connectivity index (χ0) is 25.8. The molecular formula is C34H41NO. The molecule has 0 fully saturated rings. The average Bonchev–Trinajstić information content (AvgIpc) is 2.92. The van der Waals surface area contributed by atoms with E-state index < -0.39 is 5.54 Å². The third kappa shape index (κ3) is 7.07. The molecule has 0 radical (unpaired) electrons. The summed E-state index contributed by atoms with van der Waals surface area (Å²) in [5, 5.41) is 3.22. The van der Waals surface area contributed by atoms with Crippen LogP contribution < -0.4 is 5.32 Å². The van der Waals surface area contributed by atoms with Crippen molar-refractivity contribution in [3.63, 3.8) is 0 Å². The third-order valence-electron chi connectivity index (χ3n) is 7.02. The maximum atomic E-state index is 12.3. The first-order chi connectivity index (χ1) is 17.5. The predicted octanol–water partition coefficient (Wildman–Crippen LogP) is 8.93. The summed E-state index contributed by atoms with van der Waals surface area (Å²) >= 11 is 0. The number of hydrogen-bond donors (Lipinski definition) is 1. The van der Waals surface area contributed by atoms with Crippen molar-refractivity contribution in [2.24, 2.45) is 0 Å². The van der Waals surface area contributed by atoms with Gasteiger partial charge in [-0.05, 0) is 59.2 Å². The second kappa shape index (κ2) is 13.6. The van der Waals surface area contributed by atoms with Crippen molar-refractivity contribution in [1.82, 2.24) is 5.32 Å². The number of unbranched alkanes of at least 4 members (excludes halogenated alkanes) is 4. The zero-order valence-electron chi connectivity index (χ0n) is 22.2. The fraction of sp³-hybridized carbons (Fsp3) is 0.324. The molecule has 1 amide bonds. The Morgan fingerprint density at radius 2 is 1.33 bits per heavy atom. The molecule has 0 aliphatic heterocycles. The first-order valence-corrected chi connectivity index (χ1v) is 13.4. The van der Waals surface area contributed by atoms with Crippen LogP contribution >= 0.6 is 0 Å². The van der Waals surface area contributed by atoms with E-state index in [0.29, 0.717) is 0 Å². The van der Waals surface area contributed by atoms with Crippen molar-refractivity contribution in [2.75, 3.05) is 0 Å². The van der Waals surface area contributed by atoms with Crippen LogP contribution in [0.2, 0.25) is 0 Å². The smallest absolute Gasteiger partial charge is 0.244 e. The van der Waals surface area contributed by atoms with Gasteiger partial charge < -0.3 is 5.32 Å². The molecule has 1 unspecified atom stereocenters. The summed E-state index contributed by atoms with van der Waals surface area (Å²) in [5.41, 5.74) is 6.93. The molecule has 0 heterocycles. The minimum absolute atomic E-state index is 0.127. The van der Waals surface area contributed by atoms with Crippen LogP contribution in [0, 0.1) is 0 Å². The SMILES string of the molecule is C=CC(=O)NC(C)(CCCCCCC)c1ccc(C(=C(CC)c2ccccc2)c2ccccc2)cc1. The van der Waals surface area contributed by atoms with Gasteiger partial charge in [0, 0.05) is 0 Å². The summed E-state index contributed by atoms with van der Waals surface area (Å²) in [6.07, 6.45) is 9.20. The molecule has 0 aliphatic rings. The Morgan fingerprint density at radius 1 is 0.778 bits per heavy atom. The first-order valence-electron chi connectivity index (χ1n) is 13.4. The molecule has 0 bridgehead atoms. The number of allylic oxidation sites excluding steroid dienone is 1. The lowest BCUT2D eigenvalue weighted by Gasteiger charge is -2.32. The Hall–Kier alpha value is -3.39. The molecule has 0 saturated heterocycles. The molecule has 3 rings (SSSR count). The summed E-state index contributed by atoms with van der Waals surface area (Å²) in [4.78, 5) is 12.3. The van der Waals surface area contributed by atoms with Crippen molar-refractivity contribution in [3.8, 4) is 0 Å². The molecule has 0 spiro atoms. The van der Waals surface area contributed by atoms with Gasteiger partial charge in [0.25, 0.3) is 0 Å². The maximum absolute atomic E-state index is 12.3. The predicted molar refractivity (Wildman–Crippen MR) is 155 cm³/mol. The Balaban J connectivity index is 2.01. The number of carbonyl (C=O) groups excluding carboxylic acids is 1. The molecule has 3 aromatic rings. The topological polar surface area (TPSA) is 29.1 Å². The summed E-state index contributed by atoms with van der Waals surface area (Å²) in [6, 6.07) is 30.1. The molecular weight excluding hydrogens is 438 g/mol. The normalized spacial score (nSPS) is 13.4. The van der Waals surface area contributed by atoms with Gasteiger partial charge in [0.15, 0.2) is 0 Å². The van der Waals surface area contributed by atoms with Crippen molar-refractivity contribution in [3.05, 3.63) is 120 Å². The van der Waals surface area contributed by atoms with Gasteiger partial charge in [-0.2, -0.15) is 0 Å². The van der Waals surface area contributed by atoms with Crippen LogP contribution in [0.25, 0.3) is 11.1 Å². The molecule has 188 valence electrons. The van der Waals surface area contributed by atoms with Gasteiger partial charge in [-0.15, -0.1) is 0 Å². The quantitative estimate of drug-likeness (QED) is 0.148. The summed E-state index contributed by atoms with van der Waals surface area (Å²) in [5.74, 6) is -0.127. The van der Waals surface area contributed by atoms with Crippen molar-refractivity contribution in [2.45, 2.75) is 71.3 Å². The van der Waals surface area contributed by atoms with Crippen LogP contribution in [0.5, 0.6) is 0 Å². The standard InChI is InChI=1S/C34H41NO/c1-5-8-9-10-17-26-34(4,35-32(36)7-3)30-24-22-29(23-25-30)33(28-20-15-12-16-21-28)31(6-2)27-18-13-11-14-19-27/h7,11-16,18-25H,3,5-6,8-10,17,26H2,1-2,4H3,(H,35,36). The number of carbonyl (C=O) groups is 1. The van der Waals surface area contributed by atoms with E-state index in [2.05, 4.69) is 118 Å². The van der Waals surface area contributed by atoms with Gasteiger partial charge >= 0.3 is 0 Å². The highest BCUT2D eigenvalue weighted by Gasteiger charge is 2.27. The van der Waals surface area contributed by atoms with Crippen LogP contribution in [-0.4, -0.2) is 5.91 Å². The Labute approximate surface area is 218 Å². The van der Waals surface area contributed by atoms with E-state index in [-0.39, 0.29) is 5.91 Å². The summed E-state index contributed by atoms with van der Waals surface area (Å²) in [6.45, 7) is 10.3. The Bertz CT molecular complexity index is 1130. The lowest BCUT2D eigenvalue weighted by Crippen LogP contribution is -2.42. The summed E-state index contributed by atoms with van der Waals surface area (Å²) in [7, 11) is 0. The van der Waals surface area contributed by atoms with E-state index >= 15 is 0 Å². The lowest BCUT2D eigenvalue weighted by molar-refractivity contribution is -0.118. The second-order valence-electron chi connectivity index (χ2n) is 9.71. The molecule has 1 N–H and O–H groups in total. The van der Waals surface area contributed by atoms with Gasteiger partial charge in [0.05, 0.1) is 5.54 Å². The maximum Gasteiger partial charge on any atom is 0.244 e. The van der Waals surface area contributed by atoms with Crippen LogP contribution in [0.4, 0.5) is 0 Å². The second-order valence-corrected chi connectivity index (χ2v) is 9.71. The fourth-order valence-electron chi connectivity index (χ4n) is 4.97. The number of amides is 1. The van der Waals surface area contributed by atoms with E-state index in [1.165, 1.54) is 59.6 Å². The number of nitrogens with one attached hydrogen (secondary N) is 1. The van der Waals surface area contributed by atoms with Crippen LogP contribution in [-0.2, 0) is 10.3 Å². The minimum atomic E-state index is -0.431. The van der Waals surface area contributed by atoms with Gasteiger partial charge in [-0.3, -0.25) is 4.79 Å². The van der Waals surface area contributed by atoms with Gasteiger partial charge in [0.1, 0.15) is 0 Å². The highest BCUT2D eigenvalue weighted by Crippen LogP contribution is 2.36.